The fourth-order valence-corrected chi connectivity index (χ4v) is 3.38. The van der Waals surface area contributed by atoms with Gasteiger partial charge in [-0.1, -0.05) is 0 Å². The number of aromatic amines is 1. The standard InChI is InChI=1S/C20H16F4N4O/c21-16-4-3-14(20(22,23)24)8-13(16)10-28-7-5-15-17(11-28)26-18(27-19(15)29)12-2-1-6-25-9-12/h1-4,6,8-9H,5,7,10-11H2,(H,26,27,29). The zero-order chi connectivity index (χ0) is 20.6. The molecule has 0 aliphatic carbocycles. The van der Waals surface area contributed by atoms with Gasteiger partial charge in [-0.15, -0.1) is 0 Å². The number of nitrogens with zero attached hydrogens (tertiary/aromatic N) is 3. The Morgan fingerprint density at radius 1 is 1.21 bits per heavy atom. The molecule has 0 saturated heterocycles. The van der Waals surface area contributed by atoms with Gasteiger partial charge in [0.15, 0.2) is 0 Å². The number of H-pyrrole nitrogens is 1. The SMILES string of the molecule is O=c1[nH]c(-c2cccnc2)nc2c1CCN(Cc1cc(C(F)(F)F)ccc1F)C2. The van der Waals surface area contributed by atoms with Gasteiger partial charge in [-0.25, -0.2) is 9.37 Å². The van der Waals surface area contributed by atoms with Crippen molar-refractivity contribution in [3.63, 3.8) is 0 Å². The van der Waals surface area contributed by atoms with E-state index in [2.05, 4.69) is 15.0 Å². The van der Waals surface area contributed by atoms with Crippen LogP contribution in [0, 0.1) is 5.82 Å². The third-order valence-electron chi connectivity index (χ3n) is 4.85. The van der Waals surface area contributed by atoms with Gasteiger partial charge < -0.3 is 4.98 Å². The molecule has 3 aromatic rings. The molecule has 1 aromatic carbocycles. The molecule has 1 N–H and O–H groups in total. The Bertz CT molecular complexity index is 1100. The van der Waals surface area contributed by atoms with Crippen LogP contribution in [0.3, 0.4) is 0 Å². The van der Waals surface area contributed by atoms with Gasteiger partial charge in [0.2, 0.25) is 0 Å². The topological polar surface area (TPSA) is 61.9 Å². The second-order valence-corrected chi connectivity index (χ2v) is 6.85. The van der Waals surface area contributed by atoms with Gasteiger partial charge in [-0.3, -0.25) is 14.7 Å². The van der Waals surface area contributed by atoms with Crippen molar-refractivity contribution in [3.05, 3.63) is 81.3 Å². The van der Waals surface area contributed by atoms with E-state index in [1.54, 1.807) is 29.4 Å². The van der Waals surface area contributed by atoms with E-state index in [9.17, 15) is 22.4 Å². The van der Waals surface area contributed by atoms with E-state index < -0.39 is 17.6 Å². The number of fused-ring (bicyclic) bond motifs is 1. The molecule has 2 aromatic heterocycles. The molecule has 9 heteroatoms. The van der Waals surface area contributed by atoms with Crippen LogP contribution in [-0.4, -0.2) is 26.4 Å². The van der Waals surface area contributed by atoms with E-state index in [4.69, 9.17) is 0 Å². The second kappa shape index (κ2) is 7.40. The van der Waals surface area contributed by atoms with Crippen LogP contribution in [-0.2, 0) is 25.7 Å². The molecule has 150 valence electrons. The van der Waals surface area contributed by atoms with E-state index in [1.807, 2.05) is 0 Å². The number of alkyl halides is 3. The Morgan fingerprint density at radius 3 is 2.76 bits per heavy atom. The molecule has 1 aliphatic heterocycles. The number of hydrogen-bond donors (Lipinski definition) is 1. The molecule has 1 aliphatic rings. The van der Waals surface area contributed by atoms with Gasteiger partial charge in [0, 0.05) is 48.7 Å². The van der Waals surface area contributed by atoms with Crippen molar-refractivity contribution < 1.29 is 17.6 Å². The highest BCUT2D eigenvalue weighted by Gasteiger charge is 2.31. The van der Waals surface area contributed by atoms with Gasteiger partial charge in [0.05, 0.1) is 11.3 Å². The lowest BCUT2D eigenvalue weighted by atomic mass is 10.0. The number of hydrogen-bond acceptors (Lipinski definition) is 4. The molecular formula is C20H16F4N4O. The molecule has 0 fully saturated rings. The van der Waals surface area contributed by atoms with E-state index in [0.717, 1.165) is 18.2 Å². The van der Waals surface area contributed by atoms with Crippen LogP contribution in [0.2, 0.25) is 0 Å². The van der Waals surface area contributed by atoms with Crippen molar-refractivity contribution in [2.24, 2.45) is 0 Å². The zero-order valence-corrected chi connectivity index (χ0v) is 15.1. The molecule has 0 spiro atoms. The summed E-state index contributed by atoms with van der Waals surface area (Å²) in [5.41, 5.74) is 0.539. The predicted octanol–water partition coefficient (Wildman–Crippen LogP) is 3.55. The number of nitrogens with one attached hydrogen (secondary N) is 1. The maximum atomic E-state index is 14.1. The Hall–Kier alpha value is -3.07. The summed E-state index contributed by atoms with van der Waals surface area (Å²) < 4.78 is 52.9. The summed E-state index contributed by atoms with van der Waals surface area (Å²) in [5.74, 6) is -0.326. The summed E-state index contributed by atoms with van der Waals surface area (Å²) in [4.78, 5) is 25.4. The van der Waals surface area contributed by atoms with Gasteiger partial charge in [0.1, 0.15) is 11.6 Å². The highest BCUT2D eigenvalue weighted by Crippen LogP contribution is 2.31. The molecule has 0 bridgehead atoms. The maximum absolute atomic E-state index is 14.1. The third kappa shape index (κ3) is 4.04. The van der Waals surface area contributed by atoms with Crippen LogP contribution in [0.4, 0.5) is 17.6 Å². The van der Waals surface area contributed by atoms with Gasteiger partial charge in [0.25, 0.3) is 5.56 Å². The van der Waals surface area contributed by atoms with E-state index in [1.165, 1.54) is 0 Å². The van der Waals surface area contributed by atoms with Crippen molar-refractivity contribution >= 4 is 0 Å². The normalized spacial score (nSPS) is 14.6. The number of aromatic nitrogens is 3. The molecule has 0 radical (unpaired) electrons. The predicted molar refractivity (Wildman–Crippen MR) is 97.3 cm³/mol. The van der Waals surface area contributed by atoms with Crippen molar-refractivity contribution in [2.75, 3.05) is 6.54 Å². The Kier molecular flexibility index (Phi) is 4.91. The van der Waals surface area contributed by atoms with E-state index in [-0.39, 0.29) is 24.2 Å². The summed E-state index contributed by atoms with van der Waals surface area (Å²) in [7, 11) is 0. The van der Waals surface area contributed by atoms with E-state index >= 15 is 0 Å². The first-order chi connectivity index (χ1) is 13.8. The first-order valence-electron chi connectivity index (χ1n) is 8.92. The first kappa shape index (κ1) is 19.3. The monoisotopic (exact) mass is 404 g/mol. The van der Waals surface area contributed by atoms with Crippen LogP contribution in [0.15, 0.2) is 47.5 Å². The fraction of sp³-hybridized carbons (Fsp3) is 0.250. The molecule has 4 rings (SSSR count). The van der Waals surface area contributed by atoms with Crippen LogP contribution >= 0.6 is 0 Å². The van der Waals surface area contributed by atoms with Gasteiger partial charge in [-0.05, 0) is 36.8 Å². The lowest BCUT2D eigenvalue weighted by Crippen LogP contribution is -2.35. The van der Waals surface area contributed by atoms with Crippen molar-refractivity contribution in [2.45, 2.75) is 25.7 Å². The molecule has 29 heavy (non-hydrogen) atoms. The lowest BCUT2D eigenvalue weighted by Gasteiger charge is -2.28. The summed E-state index contributed by atoms with van der Waals surface area (Å²) in [6.07, 6.45) is -0.982. The molecule has 3 heterocycles. The van der Waals surface area contributed by atoms with Crippen molar-refractivity contribution in [1.82, 2.24) is 19.9 Å². The minimum Gasteiger partial charge on any atom is -0.306 e. The number of pyridine rings is 1. The summed E-state index contributed by atoms with van der Waals surface area (Å²) in [6.45, 7) is 0.647. The first-order valence-corrected chi connectivity index (χ1v) is 8.92. The fourth-order valence-electron chi connectivity index (χ4n) is 3.38. The number of benzene rings is 1. The van der Waals surface area contributed by atoms with Crippen LogP contribution in [0.5, 0.6) is 0 Å². The molecular weight excluding hydrogens is 388 g/mol. The summed E-state index contributed by atoms with van der Waals surface area (Å²) in [6, 6.07) is 5.87. The van der Waals surface area contributed by atoms with Gasteiger partial charge >= 0.3 is 6.18 Å². The minimum absolute atomic E-state index is 0.00804. The summed E-state index contributed by atoms with van der Waals surface area (Å²) in [5, 5.41) is 0. The van der Waals surface area contributed by atoms with Crippen molar-refractivity contribution in [3.8, 4) is 11.4 Å². The molecule has 0 amide bonds. The van der Waals surface area contributed by atoms with Crippen LogP contribution < -0.4 is 5.56 Å². The third-order valence-corrected chi connectivity index (χ3v) is 4.85. The van der Waals surface area contributed by atoms with Crippen LogP contribution in [0.1, 0.15) is 22.4 Å². The Labute approximate surface area is 163 Å². The number of halogens is 4. The van der Waals surface area contributed by atoms with E-state index in [0.29, 0.717) is 35.6 Å². The molecule has 0 atom stereocenters. The Balaban J connectivity index is 1.61. The highest BCUT2D eigenvalue weighted by atomic mass is 19.4. The largest absolute Gasteiger partial charge is 0.416 e. The molecule has 5 nitrogen and oxygen atoms in total. The van der Waals surface area contributed by atoms with Gasteiger partial charge in [-0.2, -0.15) is 13.2 Å². The Morgan fingerprint density at radius 2 is 2.03 bits per heavy atom. The second-order valence-electron chi connectivity index (χ2n) is 6.85. The highest BCUT2D eigenvalue weighted by molar-refractivity contribution is 5.53. The molecule has 0 saturated carbocycles. The average molecular weight is 404 g/mol. The lowest BCUT2D eigenvalue weighted by molar-refractivity contribution is -0.137. The minimum atomic E-state index is -4.54. The van der Waals surface area contributed by atoms with Crippen LogP contribution in [0.25, 0.3) is 11.4 Å². The van der Waals surface area contributed by atoms with Crippen molar-refractivity contribution in [1.29, 1.82) is 0 Å². The summed E-state index contributed by atoms with van der Waals surface area (Å²) >= 11 is 0. The smallest absolute Gasteiger partial charge is 0.306 e. The molecule has 0 unspecified atom stereocenters. The quantitative estimate of drug-likeness (QED) is 0.679. The zero-order valence-electron chi connectivity index (χ0n) is 15.1. The average Bonchev–Trinajstić information content (AvgIpc) is 2.69. The maximum Gasteiger partial charge on any atom is 0.416 e. The number of rotatable bonds is 3.